The number of pyridine rings is 1. The maximum Gasteiger partial charge on any atom is 0.225 e. The van der Waals surface area contributed by atoms with Crippen molar-refractivity contribution in [2.45, 2.75) is 19.6 Å². The van der Waals surface area contributed by atoms with Crippen LogP contribution in [0.2, 0.25) is 0 Å². The number of nitrogens with zero attached hydrogens (tertiary/aromatic N) is 2. The van der Waals surface area contributed by atoms with Gasteiger partial charge in [-0.3, -0.25) is 14.6 Å². The Kier molecular flexibility index (Phi) is 5.28. The normalized spacial score (nSPS) is 16.8. The van der Waals surface area contributed by atoms with E-state index in [1.807, 2.05) is 36.4 Å². The fourth-order valence-corrected chi connectivity index (χ4v) is 2.73. The summed E-state index contributed by atoms with van der Waals surface area (Å²) in [4.78, 5) is 29.3. The van der Waals surface area contributed by atoms with E-state index >= 15 is 0 Å². The van der Waals surface area contributed by atoms with Crippen LogP contribution in [0.15, 0.2) is 48.8 Å². The van der Waals surface area contributed by atoms with Crippen molar-refractivity contribution >= 4 is 11.8 Å². The van der Waals surface area contributed by atoms with Gasteiger partial charge >= 0.3 is 0 Å². The van der Waals surface area contributed by atoms with Crippen LogP contribution in [-0.2, 0) is 22.7 Å². The van der Waals surface area contributed by atoms with E-state index in [0.717, 1.165) is 16.9 Å². The summed E-state index contributed by atoms with van der Waals surface area (Å²) < 4.78 is 5.71. The molecule has 0 saturated carbocycles. The molecule has 0 aliphatic carbocycles. The molecule has 2 aromatic rings. The van der Waals surface area contributed by atoms with Gasteiger partial charge in [-0.25, -0.2) is 0 Å². The maximum absolute atomic E-state index is 12.1. The van der Waals surface area contributed by atoms with Crippen LogP contribution >= 0.6 is 0 Å². The number of carbonyl (C=O) groups is 2. The Morgan fingerprint density at radius 3 is 2.72 bits per heavy atom. The maximum atomic E-state index is 12.1. The standard InChI is InChI=1S/C19H21N3O3/c1-22-12-16(9-18(22)23)19(24)21-11-14-4-6-17(7-5-14)25-13-15-3-2-8-20-10-15/h2-8,10,16H,9,11-13H2,1H3,(H,21,24)/t16-/m1/s1. The van der Waals surface area contributed by atoms with Gasteiger partial charge in [-0.15, -0.1) is 0 Å². The second-order valence-corrected chi connectivity index (χ2v) is 6.19. The van der Waals surface area contributed by atoms with Gasteiger partial charge < -0.3 is 15.0 Å². The van der Waals surface area contributed by atoms with Crippen molar-refractivity contribution in [3.63, 3.8) is 0 Å². The highest BCUT2D eigenvalue weighted by molar-refractivity contribution is 5.89. The lowest BCUT2D eigenvalue weighted by Gasteiger charge is -2.11. The van der Waals surface area contributed by atoms with Gasteiger partial charge in [0.1, 0.15) is 12.4 Å². The Hall–Kier alpha value is -2.89. The number of benzene rings is 1. The molecule has 25 heavy (non-hydrogen) atoms. The van der Waals surface area contributed by atoms with Gasteiger partial charge in [0.2, 0.25) is 11.8 Å². The van der Waals surface area contributed by atoms with Gasteiger partial charge in [0.25, 0.3) is 0 Å². The number of likely N-dealkylation sites (tertiary alicyclic amines) is 1. The Morgan fingerprint density at radius 2 is 2.08 bits per heavy atom. The van der Waals surface area contributed by atoms with E-state index in [0.29, 0.717) is 26.1 Å². The molecule has 0 spiro atoms. The van der Waals surface area contributed by atoms with Gasteiger partial charge in [0.05, 0.1) is 5.92 Å². The largest absolute Gasteiger partial charge is 0.489 e. The quantitative estimate of drug-likeness (QED) is 0.870. The van der Waals surface area contributed by atoms with Crippen LogP contribution in [0.1, 0.15) is 17.5 Å². The molecular weight excluding hydrogens is 318 g/mol. The second kappa shape index (κ2) is 7.79. The molecule has 0 radical (unpaired) electrons. The average molecular weight is 339 g/mol. The summed E-state index contributed by atoms with van der Waals surface area (Å²) in [6.45, 7) is 1.40. The molecule has 6 nitrogen and oxygen atoms in total. The van der Waals surface area contributed by atoms with Gasteiger partial charge in [-0.05, 0) is 23.8 Å². The Bertz CT molecular complexity index is 731. The van der Waals surface area contributed by atoms with Crippen molar-refractivity contribution in [3.8, 4) is 5.75 Å². The number of hydrogen-bond donors (Lipinski definition) is 1. The van der Waals surface area contributed by atoms with Gasteiger partial charge in [0.15, 0.2) is 0 Å². The third-order valence-corrected chi connectivity index (χ3v) is 4.23. The molecule has 1 aromatic carbocycles. The first-order chi connectivity index (χ1) is 12.1. The highest BCUT2D eigenvalue weighted by atomic mass is 16.5. The number of amides is 2. The van der Waals surface area contributed by atoms with Crippen molar-refractivity contribution in [1.82, 2.24) is 15.2 Å². The molecule has 1 aliphatic rings. The number of carbonyl (C=O) groups excluding carboxylic acids is 2. The molecule has 2 heterocycles. The number of rotatable bonds is 6. The first-order valence-electron chi connectivity index (χ1n) is 8.24. The smallest absolute Gasteiger partial charge is 0.225 e. The van der Waals surface area contributed by atoms with Crippen molar-refractivity contribution < 1.29 is 14.3 Å². The second-order valence-electron chi connectivity index (χ2n) is 6.19. The molecule has 1 fully saturated rings. The van der Waals surface area contributed by atoms with E-state index in [2.05, 4.69) is 10.3 Å². The van der Waals surface area contributed by atoms with Crippen molar-refractivity contribution in [2.75, 3.05) is 13.6 Å². The molecular formula is C19H21N3O3. The van der Waals surface area contributed by atoms with E-state index < -0.39 is 0 Å². The lowest BCUT2D eigenvalue weighted by Crippen LogP contribution is -2.31. The molecule has 3 rings (SSSR count). The molecule has 1 aromatic heterocycles. The summed E-state index contributed by atoms with van der Waals surface area (Å²) in [6.07, 6.45) is 3.80. The fourth-order valence-electron chi connectivity index (χ4n) is 2.73. The monoisotopic (exact) mass is 339 g/mol. The van der Waals surface area contributed by atoms with Crippen molar-refractivity contribution in [3.05, 3.63) is 59.9 Å². The summed E-state index contributed by atoms with van der Waals surface area (Å²) in [7, 11) is 1.72. The van der Waals surface area contributed by atoms with E-state index in [-0.39, 0.29) is 17.7 Å². The molecule has 1 saturated heterocycles. The number of aromatic nitrogens is 1. The molecule has 130 valence electrons. The summed E-state index contributed by atoms with van der Waals surface area (Å²) in [6, 6.07) is 11.4. The minimum Gasteiger partial charge on any atom is -0.489 e. The lowest BCUT2D eigenvalue weighted by atomic mass is 10.1. The third-order valence-electron chi connectivity index (χ3n) is 4.23. The van der Waals surface area contributed by atoms with E-state index in [4.69, 9.17) is 4.74 Å². The Labute approximate surface area is 146 Å². The molecule has 2 amide bonds. The highest BCUT2D eigenvalue weighted by Crippen LogP contribution is 2.17. The Balaban J connectivity index is 1.46. The zero-order chi connectivity index (χ0) is 17.6. The first-order valence-corrected chi connectivity index (χ1v) is 8.24. The first kappa shape index (κ1) is 17.0. The van der Waals surface area contributed by atoms with Crippen LogP contribution in [0.4, 0.5) is 0 Å². The average Bonchev–Trinajstić information content (AvgIpc) is 2.98. The molecule has 0 bridgehead atoms. The zero-order valence-electron chi connectivity index (χ0n) is 14.1. The molecule has 1 atom stereocenters. The molecule has 6 heteroatoms. The number of nitrogens with one attached hydrogen (secondary N) is 1. The Morgan fingerprint density at radius 1 is 1.28 bits per heavy atom. The van der Waals surface area contributed by atoms with E-state index in [1.165, 1.54) is 0 Å². The van der Waals surface area contributed by atoms with Crippen LogP contribution in [0, 0.1) is 5.92 Å². The SMILES string of the molecule is CN1C[C@H](C(=O)NCc2ccc(OCc3cccnc3)cc2)CC1=O. The van der Waals surface area contributed by atoms with Crippen LogP contribution < -0.4 is 10.1 Å². The summed E-state index contributed by atoms with van der Waals surface area (Å²) in [5.74, 6) is 0.464. The number of hydrogen-bond acceptors (Lipinski definition) is 4. The molecule has 0 unspecified atom stereocenters. The fraction of sp³-hybridized carbons (Fsp3) is 0.316. The predicted molar refractivity (Wildman–Crippen MR) is 92.6 cm³/mol. The topological polar surface area (TPSA) is 71.5 Å². The van der Waals surface area contributed by atoms with Crippen LogP contribution in [0.3, 0.4) is 0 Å². The van der Waals surface area contributed by atoms with Crippen LogP contribution in [0.5, 0.6) is 5.75 Å². The van der Waals surface area contributed by atoms with Gasteiger partial charge in [0, 0.05) is 44.5 Å². The van der Waals surface area contributed by atoms with Crippen molar-refractivity contribution in [2.24, 2.45) is 5.92 Å². The lowest BCUT2D eigenvalue weighted by molar-refractivity contribution is -0.128. The summed E-state index contributed by atoms with van der Waals surface area (Å²) in [5.41, 5.74) is 2.00. The predicted octanol–water partition coefficient (Wildman–Crippen LogP) is 1.76. The summed E-state index contributed by atoms with van der Waals surface area (Å²) in [5, 5.41) is 2.89. The molecule has 1 aliphatic heterocycles. The zero-order valence-corrected chi connectivity index (χ0v) is 14.1. The minimum absolute atomic E-state index is 0.0234. The van der Waals surface area contributed by atoms with Gasteiger partial charge in [-0.1, -0.05) is 18.2 Å². The highest BCUT2D eigenvalue weighted by Gasteiger charge is 2.31. The molecule has 1 N–H and O–H groups in total. The van der Waals surface area contributed by atoms with Crippen LogP contribution in [-0.4, -0.2) is 35.3 Å². The van der Waals surface area contributed by atoms with Crippen LogP contribution in [0.25, 0.3) is 0 Å². The van der Waals surface area contributed by atoms with E-state index in [9.17, 15) is 9.59 Å². The van der Waals surface area contributed by atoms with Gasteiger partial charge in [-0.2, -0.15) is 0 Å². The number of ether oxygens (including phenoxy) is 1. The van der Waals surface area contributed by atoms with Crippen molar-refractivity contribution in [1.29, 1.82) is 0 Å². The third kappa shape index (κ3) is 4.56. The summed E-state index contributed by atoms with van der Waals surface area (Å²) >= 11 is 0. The van der Waals surface area contributed by atoms with E-state index in [1.54, 1.807) is 24.3 Å². The minimum atomic E-state index is -0.250.